The van der Waals surface area contributed by atoms with Gasteiger partial charge in [0.1, 0.15) is 10.7 Å². The molecule has 0 radical (unpaired) electrons. The molecule has 1 heterocycles. The van der Waals surface area contributed by atoms with Crippen LogP contribution < -0.4 is 14.8 Å². The summed E-state index contributed by atoms with van der Waals surface area (Å²) >= 11 is 1.31. The standard InChI is InChI=1S/C20H18F2N2O3S/c1-11(12-4-6-14(21)15(22)8-12)23-19(25)16-10-28-20(24-16)13-5-7-17(26-2)18(9-13)27-3/h4-11H,1-3H3,(H,23,25)/t11-/m0/s1. The lowest BCUT2D eigenvalue weighted by Gasteiger charge is -2.13. The predicted octanol–water partition coefficient (Wildman–Crippen LogP) is 4.60. The van der Waals surface area contributed by atoms with Crippen molar-refractivity contribution < 1.29 is 23.0 Å². The molecular weight excluding hydrogens is 386 g/mol. The van der Waals surface area contributed by atoms with Gasteiger partial charge in [0.25, 0.3) is 5.91 Å². The molecule has 0 aliphatic rings. The number of carbonyl (C=O) groups excluding carboxylic acids is 1. The van der Waals surface area contributed by atoms with Crippen LogP contribution in [0.4, 0.5) is 8.78 Å². The molecule has 1 N–H and O–H groups in total. The quantitative estimate of drug-likeness (QED) is 0.653. The van der Waals surface area contributed by atoms with E-state index in [4.69, 9.17) is 9.47 Å². The summed E-state index contributed by atoms with van der Waals surface area (Å²) < 4.78 is 37.0. The molecule has 2 aromatic carbocycles. The summed E-state index contributed by atoms with van der Waals surface area (Å²) in [6.45, 7) is 1.69. The van der Waals surface area contributed by atoms with E-state index in [-0.39, 0.29) is 5.69 Å². The monoisotopic (exact) mass is 404 g/mol. The number of hydrogen-bond acceptors (Lipinski definition) is 5. The van der Waals surface area contributed by atoms with E-state index >= 15 is 0 Å². The molecule has 1 atom stereocenters. The fourth-order valence-corrected chi connectivity index (χ4v) is 3.41. The summed E-state index contributed by atoms with van der Waals surface area (Å²) in [6.07, 6.45) is 0. The minimum absolute atomic E-state index is 0.240. The van der Waals surface area contributed by atoms with E-state index in [1.165, 1.54) is 17.4 Å². The Labute approximate surface area is 164 Å². The molecule has 8 heteroatoms. The molecule has 0 aliphatic heterocycles. The maximum Gasteiger partial charge on any atom is 0.271 e. The van der Waals surface area contributed by atoms with Crippen molar-refractivity contribution in [2.45, 2.75) is 13.0 Å². The molecule has 0 saturated heterocycles. The molecule has 0 bridgehead atoms. The van der Waals surface area contributed by atoms with Gasteiger partial charge in [0.05, 0.1) is 20.3 Å². The van der Waals surface area contributed by atoms with Gasteiger partial charge in [-0.3, -0.25) is 4.79 Å². The van der Waals surface area contributed by atoms with Crippen LogP contribution in [0.25, 0.3) is 10.6 Å². The van der Waals surface area contributed by atoms with Crippen molar-refractivity contribution >= 4 is 17.2 Å². The zero-order valence-electron chi connectivity index (χ0n) is 15.5. The van der Waals surface area contributed by atoms with Gasteiger partial charge in [0, 0.05) is 10.9 Å². The number of nitrogens with zero attached hydrogens (tertiary/aromatic N) is 1. The van der Waals surface area contributed by atoms with Gasteiger partial charge < -0.3 is 14.8 Å². The molecule has 0 saturated carbocycles. The first-order chi connectivity index (χ1) is 13.4. The van der Waals surface area contributed by atoms with Gasteiger partial charge in [0.15, 0.2) is 23.1 Å². The van der Waals surface area contributed by atoms with Crippen molar-refractivity contribution in [1.29, 1.82) is 0 Å². The third-order valence-electron chi connectivity index (χ3n) is 4.16. The number of amides is 1. The van der Waals surface area contributed by atoms with Crippen LogP contribution in [0.5, 0.6) is 11.5 Å². The second-order valence-electron chi connectivity index (χ2n) is 5.98. The number of rotatable bonds is 6. The van der Waals surface area contributed by atoms with E-state index in [9.17, 15) is 13.6 Å². The molecule has 0 spiro atoms. The largest absolute Gasteiger partial charge is 0.493 e. The number of hydrogen-bond donors (Lipinski definition) is 1. The van der Waals surface area contributed by atoms with Crippen LogP contribution in [0.1, 0.15) is 29.0 Å². The van der Waals surface area contributed by atoms with Crippen LogP contribution in [0.3, 0.4) is 0 Å². The minimum Gasteiger partial charge on any atom is -0.493 e. The van der Waals surface area contributed by atoms with Gasteiger partial charge in [-0.1, -0.05) is 6.07 Å². The summed E-state index contributed by atoms with van der Waals surface area (Å²) in [6, 6.07) is 8.39. The Kier molecular flexibility index (Phi) is 5.89. The Morgan fingerprint density at radius 3 is 2.50 bits per heavy atom. The molecule has 3 rings (SSSR count). The first-order valence-electron chi connectivity index (χ1n) is 8.36. The topological polar surface area (TPSA) is 60.5 Å². The molecule has 1 aromatic heterocycles. The maximum absolute atomic E-state index is 13.4. The number of thiazole rings is 1. The average Bonchev–Trinajstić information content (AvgIpc) is 3.19. The number of halogens is 2. The maximum atomic E-state index is 13.4. The van der Waals surface area contributed by atoms with Gasteiger partial charge in [-0.15, -0.1) is 11.3 Å². The van der Waals surface area contributed by atoms with Crippen molar-refractivity contribution in [2.24, 2.45) is 0 Å². The summed E-state index contributed by atoms with van der Waals surface area (Å²) in [5, 5.41) is 5.02. The van der Waals surface area contributed by atoms with E-state index in [2.05, 4.69) is 10.3 Å². The third kappa shape index (κ3) is 4.12. The van der Waals surface area contributed by atoms with Gasteiger partial charge >= 0.3 is 0 Å². The normalized spacial score (nSPS) is 11.8. The molecule has 1 amide bonds. The van der Waals surface area contributed by atoms with Crippen LogP contribution in [-0.2, 0) is 0 Å². The highest BCUT2D eigenvalue weighted by molar-refractivity contribution is 7.13. The van der Waals surface area contributed by atoms with Crippen LogP contribution in [0.15, 0.2) is 41.8 Å². The zero-order valence-corrected chi connectivity index (χ0v) is 16.3. The first-order valence-corrected chi connectivity index (χ1v) is 9.24. The van der Waals surface area contributed by atoms with Crippen molar-refractivity contribution in [1.82, 2.24) is 10.3 Å². The Morgan fingerprint density at radius 1 is 1.07 bits per heavy atom. The molecule has 5 nitrogen and oxygen atoms in total. The minimum atomic E-state index is -0.956. The molecule has 0 aliphatic carbocycles. The van der Waals surface area contributed by atoms with E-state index in [0.29, 0.717) is 22.1 Å². The van der Waals surface area contributed by atoms with Gasteiger partial charge in [-0.25, -0.2) is 13.8 Å². The SMILES string of the molecule is COc1ccc(-c2nc(C(=O)N[C@@H](C)c3ccc(F)c(F)c3)cs2)cc1OC. The fourth-order valence-electron chi connectivity index (χ4n) is 2.62. The highest BCUT2D eigenvalue weighted by Crippen LogP contribution is 2.33. The predicted molar refractivity (Wildman–Crippen MR) is 103 cm³/mol. The molecule has 3 aromatic rings. The van der Waals surface area contributed by atoms with E-state index < -0.39 is 23.6 Å². The van der Waals surface area contributed by atoms with Crippen molar-refractivity contribution in [3.63, 3.8) is 0 Å². The van der Waals surface area contributed by atoms with Crippen molar-refractivity contribution in [3.8, 4) is 22.1 Å². The van der Waals surface area contributed by atoms with E-state index in [1.807, 2.05) is 6.07 Å². The van der Waals surface area contributed by atoms with Crippen LogP contribution in [0.2, 0.25) is 0 Å². The Morgan fingerprint density at radius 2 is 1.82 bits per heavy atom. The smallest absolute Gasteiger partial charge is 0.271 e. The molecule has 28 heavy (non-hydrogen) atoms. The van der Waals surface area contributed by atoms with E-state index in [1.54, 1.807) is 38.7 Å². The summed E-state index contributed by atoms with van der Waals surface area (Å²) in [5.41, 5.74) is 1.49. The molecule has 0 fully saturated rings. The highest BCUT2D eigenvalue weighted by atomic mass is 32.1. The summed E-state index contributed by atoms with van der Waals surface area (Å²) in [4.78, 5) is 16.8. The van der Waals surface area contributed by atoms with Crippen LogP contribution >= 0.6 is 11.3 Å². The van der Waals surface area contributed by atoms with Crippen molar-refractivity contribution in [3.05, 3.63) is 64.7 Å². The van der Waals surface area contributed by atoms with Gasteiger partial charge in [-0.2, -0.15) is 0 Å². The first kappa shape index (κ1) is 19.8. The number of nitrogens with one attached hydrogen (secondary N) is 1. The summed E-state index contributed by atoms with van der Waals surface area (Å²) in [7, 11) is 3.10. The van der Waals surface area contributed by atoms with Crippen molar-refractivity contribution in [2.75, 3.05) is 14.2 Å². The lowest BCUT2D eigenvalue weighted by molar-refractivity contribution is 0.0935. The number of benzene rings is 2. The number of methoxy groups -OCH3 is 2. The molecular formula is C20H18F2N2O3S. The highest BCUT2D eigenvalue weighted by Gasteiger charge is 2.17. The number of carbonyl (C=O) groups is 1. The Bertz CT molecular complexity index is 1010. The number of ether oxygens (including phenoxy) is 2. The average molecular weight is 404 g/mol. The van der Waals surface area contributed by atoms with Crippen LogP contribution in [0, 0.1) is 11.6 Å². The lowest BCUT2D eigenvalue weighted by atomic mass is 10.1. The Hall–Kier alpha value is -3.00. The molecule has 0 unspecified atom stereocenters. The van der Waals surface area contributed by atoms with Gasteiger partial charge in [0.2, 0.25) is 0 Å². The third-order valence-corrected chi connectivity index (χ3v) is 5.05. The van der Waals surface area contributed by atoms with Gasteiger partial charge in [-0.05, 0) is 42.8 Å². The fraction of sp³-hybridized carbons (Fsp3) is 0.200. The summed E-state index contributed by atoms with van der Waals surface area (Å²) in [5.74, 6) is -1.13. The second-order valence-corrected chi connectivity index (χ2v) is 6.83. The second kappa shape index (κ2) is 8.35. The number of aromatic nitrogens is 1. The van der Waals surface area contributed by atoms with E-state index in [0.717, 1.165) is 17.7 Å². The lowest BCUT2D eigenvalue weighted by Crippen LogP contribution is -2.27. The molecule has 146 valence electrons. The van der Waals surface area contributed by atoms with Crippen LogP contribution in [-0.4, -0.2) is 25.1 Å². The zero-order chi connectivity index (χ0) is 20.3. The Balaban J connectivity index is 1.76.